The first-order valence-corrected chi connectivity index (χ1v) is 20.5. The molecule has 276 valence electrons. The van der Waals surface area contributed by atoms with Gasteiger partial charge in [0.2, 0.25) is 0 Å². The lowest BCUT2D eigenvalue weighted by Gasteiger charge is -2.25. The normalized spacial score (nSPS) is 13.4. The van der Waals surface area contributed by atoms with Crippen molar-refractivity contribution >= 4 is 76.2 Å². The molecule has 0 bridgehead atoms. The van der Waals surface area contributed by atoms with Gasteiger partial charge in [-0.2, -0.15) is 0 Å². The van der Waals surface area contributed by atoms with Crippen molar-refractivity contribution in [3.8, 4) is 44.5 Å². The molecule has 0 saturated carbocycles. The van der Waals surface area contributed by atoms with Crippen molar-refractivity contribution in [1.82, 2.24) is 0 Å². The summed E-state index contributed by atoms with van der Waals surface area (Å²) in [6.45, 7) is 4.78. The number of para-hydroxylation sites is 1. The van der Waals surface area contributed by atoms with Crippen LogP contribution in [0, 0.1) is 0 Å². The van der Waals surface area contributed by atoms with Crippen LogP contribution in [0.5, 0.6) is 0 Å². The molecule has 0 atom stereocenters. The average Bonchev–Trinajstić information content (AvgIpc) is 3.93. The molecule has 1 aliphatic carbocycles. The molecule has 2 heterocycles. The van der Waals surface area contributed by atoms with Gasteiger partial charge >= 0.3 is 0 Å². The van der Waals surface area contributed by atoms with Crippen LogP contribution in [0.4, 0.5) is 0 Å². The lowest BCUT2D eigenvalue weighted by molar-refractivity contribution is 0.660. The maximum Gasteiger partial charge on any atom is 0.147 e. The quantitative estimate of drug-likeness (QED) is 0.168. The lowest BCUT2D eigenvalue weighted by atomic mass is 9.78. The van der Waals surface area contributed by atoms with Crippen LogP contribution in [0.1, 0.15) is 25.0 Å². The topological polar surface area (TPSA) is 26.3 Å². The Bertz CT molecular complexity index is 3690. The first-order valence-electron chi connectivity index (χ1n) is 20.5. The van der Waals surface area contributed by atoms with E-state index in [-0.39, 0.29) is 5.41 Å². The second kappa shape index (κ2) is 11.8. The highest BCUT2D eigenvalue weighted by atomic mass is 16.3. The molecule has 0 radical (unpaired) electrons. The molecule has 0 fully saturated rings. The van der Waals surface area contributed by atoms with Gasteiger partial charge in [0.25, 0.3) is 0 Å². The van der Waals surface area contributed by atoms with Crippen LogP contribution in [-0.4, -0.2) is 0 Å². The predicted octanol–water partition coefficient (Wildman–Crippen LogP) is 16.3. The molecule has 2 heteroatoms. The van der Waals surface area contributed by atoms with Crippen LogP contribution >= 0.6 is 0 Å². The number of furan rings is 2. The Labute approximate surface area is 340 Å². The molecule has 59 heavy (non-hydrogen) atoms. The molecule has 0 spiro atoms. The second-order valence-corrected chi connectivity index (χ2v) is 16.7. The first kappa shape index (κ1) is 32.6. The van der Waals surface area contributed by atoms with E-state index in [1.54, 1.807) is 0 Å². The van der Waals surface area contributed by atoms with E-state index < -0.39 is 0 Å². The highest BCUT2D eigenvalue weighted by molar-refractivity contribution is 6.29. The van der Waals surface area contributed by atoms with Gasteiger partial charge in [0.1, 0.15) is 22.3 Å². The van der Waals surface area contributed by atoms with Crippen molar-refractivity contribution < 1.29 is 8.83 Å². The highest BCUT2D eigenvalue weighted by Crippen LogP contribution is 2.55. The Hall–Kier alpha value is -7.42. The molecule has 10 aromatic carbocycles. The minimum absolute atomic E-state index is 0.245. The van der Waals surface area contributed by atoms with Crippen molar-refractivity contribution in [2.24, 2.45) is 0 Å². The van der Waals surface area contributed by atoms with Crippen LogP contribution in [0.2, 0.25) is 0 Å². The van der Waals surface area contributed by atoms with Crippen LogP contribution < -0.4 is 0 Å². The first-order chi connectivity index (χ1) is 29.0. The monoisotopic (exact) mass is 752 g/mol. The summed E-state index contributed by atoms with van der Waals surface area (Å²) in [5.41, 5.74) is 16.0. The second-order valence-electron chi connectivity index (χ2n) is 16.7. The molecule has 0 unspecified atom stereocenters. The van der Waals surface area contributed by atoms with E-state index in [2.05, 4.69) is 184 Å². The number of hydrogen-bond donors (Lipinski definition) is 0. The largest absolute Gasteiger partial charge is 0.456 e. The van der Waals surface area contributed by atoms with Crippen molar-refractivity contribution in [3.63, 3.8) is 0 Å². The standard InChI is InChI=1S/C57H36O2/c1-57(2)47-29-27-34(52-40-22-10-8-20-38(40)51(33-15-4-3-5-16-33)39-21-9-11-23-41(39)52)31-46(47)43-25-14-24-42(55(43)57)45-32-50-53(37-19-7-6-17-35(37)45)54-49(58-50)30-28-44-36-18-12-13-26-48(36)59-56(44)54/h3-32H,1-2H3. The third-order valence-electron chi connectivity index (χ3n) is 13.2. The van der Waals surface area contributed by atoms with Gasteiger partial charge in [0.05, 0.1) is 5.39 Å². The lowest BCUT2D eigenvalue weighted by Crippen LogP contribution is -2.16. The molecule has 1 aliphatic rings. The summed E-state index contributed by atoms with van der Waals surface area (Å²) in [7, 11) is 0. The van der Waals surface area contributed by atoms with Gasteiger partial charge in [-0.05, 0) is 118 Å². The van der Waals surface area contributed by atoms with Crippen molar-refractivity contribution in [2.75, 3.05) is 0 Å². The molecule has 0 N–H and O–H groups in total. The Balaban J connectivity index is 1.04. The zero-order valence-electron chi connectivity index (χ0n) is 32.6. The Morgan fingerprint density at radius 1 is 0.339 bits per heavy atom. The molecule has 12 aromatic rings. The highest BCUT2D eigenvalue weighted by Gasteiger charge is 2.38. The molecular formula is C57H36O2. The van der Waals surface area contributed by atoms with Crippen molar-refractivity contribution in [1.29, 1.82) is 0 Å². The van der Waals surface area contributed by atoms with Gasteiger partial charge < -0.3 is 8.83 Å². The minimum atomic E-state index is -0.245. The summed E-state index contributed by atoms with van der Waals surface area (Å²) in [4.78, 5) is 0. The van der Waals surface area contributed by atoms with Gasteiger partial charge in [-0.25, -0.2) is 0 Å². The maximum atomic E-state index is 6.77. The third kappa shape index (κ3) is 4.41. The van der Waals surface area contributed by atoms with Gasteiger partial charge in [0.15, 0.2) is 0 Å². The van der Waals surface area contributed by atoms with Crippen LogP contribution in [0.3, 0.4) is 0 Å². The Kier molecular flexibility index (Phi) is 6.54. The molecular weight excluding hydrogens is 717 g/mol. The number of hydrogen-bond acceptors (Lipinski definition) is 2. The van der Waals surface area contributed by atoms with E-state index in [9.17, 15) is 0 Å². The summed E-state index contributed by atoms with van der Waals surface area (Å²) < 4.78 is 13.3. The fourth-order valence-electron chi connectivity index (χ4n) is 10.8. The maximum absolute atomic E-state index is 6.77. The SMILES string of the molecule is CC1(C)c2ccc(-c3c4ccccc4c(-c4ccccc4)c4ccccc34)cc2-c2cccc(-c3cc4oc5ccc6c7ccccc7oc6c5c4c4ccccc34)c21. The van der Waals surface area contributed by atoms with Gasteiger partial charge in [-0.3, -0.25) is 0 Å². The van der Waals surface area contributed by atoms with Gasteiger partial charge in [-0.15, -0.1) is 0 Å². The Morgan fingerprint density at radius 2 is 0.932 bits per heavy atom. The van der Waals surface area contributed by atoms with E-state index in [1.165, 1.54) is 82.6 Å². The number of fused-ring (bicyclic) bond motifs is 14. The zero-order valence-corrected chi connectivity index (χ0v) is 32.6. The molecule has 0 aliphatic heterocycles. The zero-order chi connectivity index (χ0) is 39.0. The molecule has 0 saturated heterocycles. The van der Waals surface area contributed by atoms with E-state index >= 15 is 0 Å². The van der Waals surface area contributed by atoms with E-state index in [4.69, 9.17) is 8.83 Å². The fourth-order valence-corrected chi connectivity index (χ4v) is 10.8. The molecule has 13 rings (SSSR count). The summed E-state index contributed by atoms with van der Waals surface area (Å²) in [5, 5.41) is 11.8. The number of rotatable bonds is 3. The fraction of sp³-hybridized carbons (Fsp3) is 0.0526. The van der Waals surface area contributed by atoms with Gasteiger partial charge in [-0.1, -0.05) is 166 Å². The number of benzene rings is 10. The van der Waals surface area contributed by atoms with Crippen molar-refractivity contribution in [2.45, 2.75) is 19.3 Å². The van der Waals surface area contributed by atoms with E-state index in [1.807, 2.05) is 12.1 Å². The van der Waals surface area contributed by atoms with Crippen LogP contribution in [-0.2, 0) is 5.41 Å². The summed E-state index contributed by atoms with van der Waals surface area (Å²) in [6.07, 6.45) is 0. The Morgan fingerprint density at radius 3 is 1.64 bits per heavy atom. The predicted molar refractivity (Wildman–Crippen MR) is 247 cm³/mol. The summed E-state index contributed by atoms with van der Waals surface area (Å²) in [6, 6.07) is 66.4. The van der Waals surface area contributed by atoms with Crippen LogP contribution in [0.15, 0.2) is 191 Å². The van der Waals surface area contributed by atoms with E-state index in [0.29, 0.717) is 0 Å². The summed E-state index contributed by atoms with van der Waals surface area (Å²) in [5.74, 6) is 0. The third-order valence-corrected chi connectivity index (χ3v) is 13.2. The molecule has 2 aromatic heterocycles. The summed E-state index contributed by atoms with van der Waals surface area (Å²) >= 11 is 0. The van der Waals surface area contributed by atoms with Gasteiger partial charge in [0, 0.05) is 21.6 Å². The smallest absolute Gasteiger partial charge is 0.147 e. The van der Waals surface area contributed by atoms with Crippen LogP contribution in [0.25, 0.3) is 121 Å². The minimum Gasteiger partial charge on any atom is -0.456 e. The molecule has 2 nitrogen and oxygen atoms in total. The molecule has 0 amide bonds. The van der Waals surface area contributed by atoms with E-state index in [0.717, 1.165) is 49.3 Å². The average molecular weight is 753 g/mol. The van der Waals surface area contributed by atoms with Crippen molar-refractivity contribution in [3.05, 3.63) is 193 Å².